The zero-order chi connectivity index (χ0) is 25.8. The maximum Gasteiger partial charge on any atom is 0.128 e. The van der Waals surface area contributed by atoms with Crippen LogP contribution in [-0.2, 0) is 5.41 Å². The van der Waals surface area contributed by atoms with E-state index in [1.54, 1.807) is 0 Å². The Balaban J connectivity index is 1.48. The van der Waals surface area contributed by atoms with Crippen LogP contribution in [0, 0.1) is 6.92 Å². The van der Waals surface area contributed by atoms with Gasteiger partial charge in [-0.15, -0.1) is 0 Å². The number of rotatable bonds is 7. The largest absolute Gasteiger partial charge is 0.457 e. The predicted molar refractivity (Wildman–Crippen MR) is 152 cm³/mol. The van der Waals surface area contributed by atoms with Gasteiger partial charge in [-0.2, -0.15) is 5.10 Å². The molecule has 0 bridgehead atoms. The Morgan fingerprint density at radius 3 is 2.29 bits per heavy atom. The van der Waals surface area contributed by atoms with E-state index in [0.717, 1.165) is 52.5 Å². The van der Waals surface area contributed by atoms with Crippen molar-refractivity contribution in [3.05, 3.63) is 156 Å². The van der Waals surface area contributed by atoms with Gasteiger partial charge >= 0.3 is 0 Å². The number of ether oxygens (including phenoxy) is 1. The van der Waals surface area contributed by atoms with Gasteiger partial charge in [0.2, 0.25) is 0 Å². The zero-order valence-corrected chi connectivity index (χ0v) is 21.3. The minimum atomic E-state index is -0.576. The van der Waals surface area contributed by atoms with Gasteiger partial charge in [-0.05, 0) is 78.9 Å². The highest BCUT2D eigenvalue weighted by Gasteiger charge is 2.40. The monoisotopic (exact) mass is 495 g/mol. The van der Waals surface area contributed by atoms with Gasteiger partial charge < -0.3 is 4.74 Å². The number of aromatic nitrogens is 3. The van der Waals surface area contributed by atoms with Gasteiger partial charge in [0.25, 0.3) is 0 Å². The second kappa shape index (κ2) is 10.3. The quantitative estimate of drug-likeness (QED) is 0.248. The first-order chi connectivity index (χ1) is 18.7. The second-order valence-corrected chi connectivity index (χ2v) is 9.56. The Labute approximate surface area is 223 Å². The van der Waals surface area contributed by atoms with Crippen LogP contribution in [0.4, 0.5) is 0 Å². The van der Waals surface area contributed by atoms with Crippen molar-refractivity contribution in [1.29, 1.82) is 0 Å². The molecular formula is C34H29N3O. The molecule has 186 valence electrons. The number of benzene rings is 3. The van der Waals surface area contributed by atoms with Gasteiger partial charge in [-0.1, -0.05) is 78.9 Å². The molecule has 4 heteroatoms. The summed E-state index contributed by atoms with van der Waals surface area (Å²) in [6.07, 6.45) is 10.8. The summed E-state index contributed by atoms with van der Waals surface area (Å²) in [7, 11) is 0. The summed E-state index contributed by atoms with van der Waals surface area (Å²) < 4.78 is 6.45. The predicted octanol–water partition coefficient (Wildman–Crippen LogP) is 8.18. The Bertz CT molecular complexity index is 1560. The topological polar surface area (TPSA) is 50.8 Å². The summed E-state index contributed by atoms with van der Waals surface area (Å²) in [5.74, 6) is 1.54. The Hall–Kier alpha value is -4.70. The molecule has 2 heterocycles. The highest BCUT2D eigenvalue weighted by Crippen LogP contribution is 2.47. The zero-order valence-electron chi connectivity index (χ0n) is 21.3. The minimum Gasteiger partial charge on any atom is -0.457 e. The third-order valence-corrected chi connectivity index (χ3v) is 7.02. The number of aryl methyl sites for hydroxylation is 1. The highest BCUT2D eigenvalue weighted by molar-refractivity contribution is 5.63. The molecule has 1 atom stereocenters. The SMILES string of the molecule is Cc1cc(-c2cccc(Oc3cccc([C@@](C4=CCCC=C4)(c4ccccc4)c4ccccn4)c3)c2)n[nH]1. The average molecular weight is 496 g/mol. The summed E-state index contributed by atoms with van der Waals surface area (Å²) in [5, 5.41) is 7.41. The van der Waals surface area contributed by atoms with E-state index in [0.29, 0.717) is 0 Å². The van der Waals surface area contributed by atoms with E-state index in [2.05, 4.69) is 89.1 Å². The van der Waals surface area contributed by atoms with Crippen LogP contribution in [0.3, 0.4) is 0 Å². The van der Waals surface area contributed by atoms with Crippen LogP contribution in [0.15, 0.2) is 133 Å². The van der Waals surface area contributed by atoms with Crippen molar-refractivity contribution in [2.24, 2.45) is 0 Å². The lowest BCUT2D eigenvalue weighted by Crippen LogP contribution is -2.32. The molecule has 3 aromatic carbocycles. The highest BCUT2D eigenvalue weighted by atomic mass is 16.5. The number of aromatic amines is 1. The molecule has 0 saturated heterocycles. The van der Waals surface area contributed by atoms with Crippen LogP contribution in [0.5, 0.6) is 11.5 Å². The van der Waals surface area contributed by atoms with E-state index >= 15 is 0 Å². The average Bonchev–Trinajstić information content (AvgIpc) is 3.42. The molecule has 0 fully saturated rings. The van der Waals surface area contributed by atoms with Gasteiger partial charge in [0.05, 0.1) is 16.8 Å². The van der Waals surface area contributed by atoms with Crippen molar-refractivity contribution in [2.45, 2.75) is 25.2 Å². The molecule has 5 aromatic rings. The third kappa shape index (κ3) is 4.46. The first-order valence-electron chi connectivity index (χ1n) is 13.0. The van der Waals surface area contributed by atoms with Gasteiger partial charge in [0, 0.05) is 17.5 Å². The van der Waals surface area contributed by atoms with Gasteiger partial charge in [-0.3, -0.25) is 10.1 Å². The lowest BCUT2D eigenvalue weighted by Gasteiger charge is -2.37. The van der Waals surface area contributed by atoms with Crippen molar-refractivity contribution in [1.82, 2.24) is 15.2 Å². The number of allylic oxidation sites excluding steroid dienone is 4. The Morgan fingerprint density at radius 1 is 0.763 bits per heavy atom. The van der Waals surface area contributed by atoms with Crippen molar-refractivity contribution in [3.63, 3.8) is 0 Å². The molecule has 1 aliphatic rings. The fourth-order valence-corrected chi connectivity index (χ4v) is 5.32. The molecule has 2 aromatic heterocycles. The number of nitrogens with zero attached hydrogens (tertiary/aromatic N) is 2. The summed E-state index contributed by atoms with van der Waals surface area (Å²) in [4.78, 5) is 4.91. The fourth-order valence-electron chi connectivity index (χ4n) is 5.32. The molecule has 0 amide bonds. The van der Waals surface area contributed by atoms with E-state index in [4.69, 9.17) is 9.72 Å². The van der Waals surface area contributed by atoms with E-state index in [1.807, 2.05) is 55.6 Å². The van der Waals surface area contributed by atoms with E-state index in [-0.39, 0.29) is 0 Å². The lowest BCUT2D eigenvalue weighted by molar-refractivity contribution is 0.481. The third-order valence-electron chi connectivity index (χ3n) is 7.02. The van der Waals surface area contributed by atoms with Crippen LogP contribution >= 0.6 is 0 Å². The van der Waals surface area contributed by atoms with E-state index in [9.17, 15) is 0 Å². The summed E-state index contributed by atoms with van der Waals surface area (Å²) >= 11 is 0. The van der Waals surface area contributed by atoms with Crippen LogP contribution in [0.2, 0.25) is 0 Å². The molecule has 0 aliphatic heterocycles. The van der Waals surface area contributed by atoms with Crippen LogP contribution in [-0.4, -0.2) is 15.2 Å². The first-order valence-corrected chi connectivity index (χ1v) is 13.0. The molecular weight excluding hydrogens is 466 g/mol. The van der Waals surface area contributed by atoms with Crippen LogP contribution in [0.25, 0.3) is 11.3 Å². The maximum absolute atomic E-state index is 6.45. The molecule has 1 N–H and O–H groups in total. The van der Waals surface area contributed by atoms with Crippen molar-refractivity contribution < 1.29 is 4.74 Å². The van der Waals surface area contributed by atoms with E-state index < -0.39 is 5.41 Å². The smallest absolute Gasteiger partial charge is 0.128 e. The summed E-state index contributed by atoms with van der Waals surface area (Å²) in [6.45, 7) is 2.00. The number of H-pyrrole nitrogens is 1. The normalized spacial score (nSPS) is 14.5. The maximum atomic E-state index is 6.45. The fraction of sp³-hybridized carbons (Fsp3) is 0.118. The molecule has 0 saturated carbocycles. The summed E-state index contributed by atoms with van der Waals surface area (Å²) in [6, 6.07) is 35.3. The van der Waals surface area contributed by atoms with Gasteiger partial charge in [0.15, 0.2) is 0 Å². The number of nitrogens with one attached hydrogen (secondary N) is 1. The molecule has 0 radical (unpaired) electrons. The Morgan fingerprint density at radius 2 is 1.55 bits per heavy atom. The van der Waals surface area contributed by atoms with Crippen molar-refractivity contribution in [2.75, 3.05) is 0 Å². The van der Waals surface area contributed by atoms with Crippen LogP contribution < -0.4 is 4.74 Å². The molecule has 38 heavy (non-hydrogen) atoms. The number of pyridine rings is 1. The molecule has 6 rings (SSSR count). The molecule has 0 unspecified atom stereocenters. The number of hydrogen-bond donors (Lipinski definition) is 1. The molecule has 1 aliphatic carbocycles. The van der Waals surface area contributed by atoms with Gasteiger partial charge in [-0.25, -0.2) is 0 Å². The van der Waals surface area contributed by atoms with Crippen LogP contribution in [0.1, 0.15) is 35.4 Å². The van der Waals surface area contributed by atoms with Crippen molar-refractivity contribution in [3.8, 4) is 22.8 Å². The Kier molecular flexibility index (Phi) is 6.45. The number of hydrogen-bond acceptors (Lipinski definition) is 3. The lowest BCUT2D eigenvalue weighted by atomic mass is 9.65. The summed E-state index contributed by atoms with van der Waals surface area (Å²) in [5.41, 5.74) is 6.84. The van der Waals surface area contributed by atoms with E-state index in [1.165, 1.54) is 11.1 Å². The first kappa shape index (κ1) is 23.7. The molecule has 0 spiro atoms. The van der Waals surface area contributed by atoms with Gasteiger partial charge in [0.1, 0.15) is 11.5 Å². The minimum absolute atomic E-state index is 0.576. The standard InChI is InChI=1S/C34H29N3O/c1-25-22-32(37-36-25)26-12-10-18-30(23-26)38-31-19-11-17-29(24-31)34(27-13-4-2-5-14-27,28-15-6-3-7-16-28)33-20-8-9-21-35-33/h2,4-6,8-24H,3,7H2,1H3,(H,36,37)/t34-/m0/s1. The molecule has 4 nitrogen and oxygen atoms in total. The second-order valence-electron chi connectivity index (χ2n) is 9.56. The van der Waals surface area contributed by atoms with Crippen molar-refractivity contribution >= 4 is 0 Å².